The summed E-state index contributed by atoms with van der Waals surface area (Å²) in [4.78, 5) is 0. The van der Waals surface area contributed by atoms with Crippen LogP contribution in [0.5, 0.6) is 0 Å². The zero-order valence-electron chi connectivity index (χ0n) is 35.9. The van der Waals surface area contributed by atoms with E-state index in [4.69, 9.17) is 19.9 Å². The van der Waals surface area contributed by atoms with Crippen LogP contribution in [0.4, 0.5) is 0 Å². The maximum absolute atomic E-state index is 10.5. The molecule has 5 heteroatoms. The van der Waals surface area contributed by atoms with E-state index < -0.39 is 6.29 Å². The lowest BCUT2D eigenvalue weighted by molar-refractivity contribution is -0.113. The standard InChI is InChI=1S/C48H93NO4/c1-4-7-10-13-16-19-22-25-28-31-34-37-46(41-44-53-48(50)39-36-33-30-27-24-21-18-15-12-9-6-3)51-43-40-47(52-45-42-49)38-35-32-29-26-23-20-17-14-11-8-5-2/h13-18,46-48,50H,4-12,19-45,49H2,1-3H3. The van der Waals surface area contributed by atoms with Gasteiger partial charge in [-0.05, 0) is 96.3 Å². The highest BCUT2D eigenvalue weighted by molar-refractivity contribution is 4.82. The van der Waals surface area contributed by atoms with Gasteiger partial charge in [0, 0.05) is 13.2 Å². The molecular weight excluding hydrogens is 655 g/mol. The van der Waals surface area contributed by atoms with Crippen LogP contribution in [0.2, 0.25) is 0 Å². The molecule has 0 radical (unpaired) electrons. The molecular formula is C48H93NO4. The lowest BCUT2D eigenvalue weighted by Crippen LogP contribution is -2.23. The summed E-state index contributed by atoms with van der Waals surface area (Å²) in [7, 11) is 0. The fraction of sp³-hybridized carbons (Fsp3) is 0.875. The van der Waals surface area contributed by atoms with Gasteiger partial charge in [0.25, 0.3) is 0 Å². The van der Waals surface area contributed by atoms with Crippen LogP contribution >= 0.6 is 0 Å². The summed E-state index contributed by atoms with van der Waals surface area (Å²) in [6.07, 6.45) is 52.4. The molecule has 0 aromatic rings. The molecule has 0 aromatic carbocycles. The van der Waals surface area contributed by atoms with Crippen LogP contribution in [0.1, 0.15) is 226 Å². The number of hydrogen-bond acceptors (Lipinski definition) is 5. The van der Waals surface area contributed by atoms with Gasteiger partial charge in [-0.3, -0.25) is 0 Å². The summed E-state index contributed by atoms with van der Waals surface area (Å²) >= 11 is 0. The lowest BCUT2D eigenvalue weighted by atomic mass is 10.0. The molecule has 314 valence electrons. The van der Waals surface area contributed by atoms with Gasteiger partial charge < -0.3 is 25.1 Å². The molecule has 0 bridgehead atoms. The maximum Gasteiger partial charge on any atom is 0.154 e. The Labute approximate surface area is 331 Å². The van der Waals surface area contributed by atoms with E-state index in [0.717, 1.165) is 38.5 Å². The summed E-state index contributed by atoms with van der Waals surface area (Å²) < 4.78 is 18.6. The first-order valence-corrected chi connectivity index (χ1v) is 23.4. The molecule has 53 heavy (non-hydrogen) atoms. The Morgan fingerprint density at radius 1 is 0.377 bits per heavy atom. The second-order valence-corrected chi connectivity index (χ2v) is 15.6. The van der Waals surface area contributed by atoms with Crippen molar-refractivity contribution in [1.29, 1.82) is 0 Å². The number of allylic oxidation sites excluding steroid dienone is 6. The van der Waals surface area contributed by atoms with Crippen molar-refractivity contribution >= 4 is 0 Å². The zero-order chi connectivity index (χ0) is 38.6. The Morgan fingerprint density at radius 2 is 0.698 bits per heavy atom. The maximum atomic E-state index is 10.5. The molecule has 0 saturated heterocycles. The first kappa shape index (κ1) is 52.0. The molecule has 3 atom stereocenters. The monoisotopic (exact) mass is 748 g/mol. The third-order valence-corrected chi connectivity index (χ3v) is 10.3. The topological polar surface area (TPSA) is 73.9 Å². The van der Waals surface area contributed by atoms with Crippen molar-refractivity contribution in [2.45, 2.75) is 245 Å². The quantitative estimate of drug-likeness (QED) is 0.0369. The molecule has 0 amide bonds. The summed E-state index contributed by atoms with van der Waals surface area (Å²) in [5, 5.41) is 10.5. The minimum absolute atomic E-state index is 0.172. The second-order valence-electron chi connectivity index (χ2n) is 15.6. The van der Waals surface area contributed by atoms with Crippen molar-refractivity contribution in [3.05, 3.63) is 36.5 Å². The van der Waals surface area contributed by atoms with E-state index in [0.29, 0.717) is 26.4 Å². The number of ether oxygens (including phenoxy) is 3. The van der Waals surface area contributed by atoms with Crippen LogP contribution in [0.15, 0.2) is 36.5 Å². The van der Waals surface area contributed by atoms with Crippen LogP contribution in [0.25, 0.3) is 0 Å². The Morgan fingerprint density at radius 3 is 1.09 bits per heavy atom. The van der Waals surface area contributed by atoms with Gasteiger partial charge >= 0.3 is 0 Å². The van der Waals surface area contributed by atoms with E-state index in [1.165, 1.54) is 167 Å². The predicted octanol–water partition coefficient (Wildman–Crippen LogP) is 14.3. The van der Waals surface area contributed by atoms with Crippen molar-refractivity contribution in [3.63, 3.8) is 0 Å². The van der Waals surface area contributed by atoms with Crippen molar-refractivity contribution in [3.8, 4) is 0 Å². The second kappa shape index (κ2) is 45.4. The smallest absolute Gasteiger partial charge is 0.154 e. The Kier molecular flexibility index (Phi) is 44.6. The molecule has 0 heterocycles. The lowest BCUT2D eigenvalue weighted by Gasteiger charge is -2.22. The highest BCUT2D eigenvalue weighted by Gasteiger charge is 2.14. The van der Waals surface area contributed by atoms with Crippen LogP contribution in [-0.2, 0) is 14.2 Å². The van der Waals surface area contributed by atoms with Crippen molar-refractivity contribution in [2.75, 3.05) is 26.4 Å². The molecule has 3 N–H and O–H groups in total. The molecule has 0 spiro atoms. The summed E-state index contributed by atoms with van der Waals surface area (Å²) in [6.45, 7) is 9.22. The Balaban J connectivity index is 4.49. The van der Waals surface area contributed by atoms with Crippen LogP contribution in [0, 0.1) is 0 Å². The van der Waals surface area contributed by atoms with E-state index in [1.54, 1.807) is 0 Å². The predicted molar refractivity (Wildman–Crippen MR) is 233 cm³/mol. The summed E-state index contributed by atoms with van der Waals surface area (Å²) in [6, 6.07) is 0. The van der Waals surface area contributed by atoms with Gasteiger partial charge in [-0.2, -0.15) is 0 Å². The fourth-order valence-corrected chi connectivity index (χ4v) is 6.76. The van der Waals surface area contributed by atoms with Crippen LogP contribution in [0.3, 0.4) is 0 Å². The van der Waals surface area contributed by atoms with Gasteiger partial charge in [-0.1, -0.05) is 166 Å². The summed E-state index contributed by atoms with van der Waals surface area (Å²) in [5.74, 6) is 0. The Hall–Kier alpha value is -0.980. The number of hydrogen-bond donors (Lipinski definition) is 2. The number of unbranched alkanes of at least 4 members (excludes halogenated alkanes) is 21. The minimum Gasteiger partial charge on any atom is -0.378 e. The molecule has 0 fully saturated rings. The van der Waals surface area contributed by atoms with E-state index in [2.05, 4.69) is 57.2 Å². The SMILES string of the molecule is CCCCC=CCCCCCCCC(O)OCCC(CCCCCCCC=CCCCC)OCCC(CCCCCCCC=CCCCC)OCCN. The van der Waals surface area contributed by atoms with Gasteiger partial charge in [0.2, 0.25) is 0 Å². The minimum atomic E-state index is -0.663. The summed E-state index contributed by atoms with van der Waals surface area (Å²) in [5.41, 5.74) is 5.80. The fourth-order valence-electron chi connectivity index (χ4n) is 6.76. The van der Waals surface area contributed by atoms with E-state index in [-0.39, 0.29) is 12.2 Å². The van der Waals surface area contributed by atoms with Crippen molar-refractivity contribution < 1.29 is 19.3 Å². The zero-order valence-corrected chi connectivity index (χ0v) is 35.9. The number of nitrogens with two attached hydrogens (primary N) is 1. The molecule has 0 aromatic heterocycles. The number of rotatable bonds is 44. The molecule has 0 aliphatic carbocycles. The normalized spacial score (nSPS) is 14.0. The highest BCUT2D eigenvalue weighted by atomic mass is 16.6. The molecule has 0 rings (SSSR count). The van der Waals surface area contributed by atoms with Crippen LogP contribution in [-0.4, -0.2) is 50.0 Å². The molecule has 0 aliphatic rings. The van der Waals surface area contributed by atoms with E-state index >= 15 is 0 Å². The van der Waals surface area contributed by atoms with E-state index in [1.807, 2.05) is 0 Å². The van der Waals surface area contributed by atoms with Gasteiger partial charge in [-0.25, -0.2) is 0 Å². The van der Waals surface area contributed by atoms with Gasteiger partial charge in [0.15, 0.2) is 6.29 Å². The first-order chi connectivity index (χ1) is 26.2. The van der Waals surface area contributed by atoms with Gasteiger partial charge in [-0.15, -0.1) is 0 Å². The number of aliphatic hydroxyl groups is 1. The van der Waals surface area contributed by atoms with Crippen molar-refractivity contribution in [1.82, 2.24) is 0 Å². The van der Waals surface area contributed by atoms with Crippen LogP contribution < -0.4 is 5.73 Å². The molecule has 5 nitrogen and oxygen atoms in total. The van der Waals surface area contributed by atoms with Crippen molar-refractivity contribution in [2.24, 2.45) is 5.73 Å². The first-order valence-electron chi connectivity index (χ1n) is 23.4. The molecule has 0 saturated carbocycles. The van der Waals surface area contributed by atoms with E-state index in [9.17, 15) is 5.11 Å². The average Bonchev–Trinajstić information content (AvgIpc) is 3.16. The molecule has 0 aliphatic heterocycles. The highest BCUT2D eigenvalue weighted by Crippen LogP contribution is 2.18. The number of aliphatic hydroxyl groups excluding tert-OH is 1. The van der Waals surface area contributed by atoms with Gasteiger partial charge in [0.1, 0.15) is 0 Å². The third-order valence-electron chi connectivity index (χ3n) is 10.3. The van der Waals surface area contributed by atoms with Gasteiger partial charge in [0.05, 0.1) is 25.4 Å². The molecule has 3 unspecified atom stereocenters. The Bertz CT molecular complexity index is 769. The largest absolute Gasteiger partial charge is 0.378 e. The average molecular weight is 748 g/mol. The third kappa shape index (κ3) is 42.0.